The highest BCUT2D eigenvalue weighted by molar-refractivity contribution is 6.39. The van der Waals surface area contributed by atoms with Gasteiger partial charge in [-0.2, -0.15) is 0 Å². The predicted octanol–water partition coefficient (Wildman–Crippen LogP) is 7.72. The number of carbonyl (C=O) groups excluding carboxylic acids is 2. The highest BCUT2D eigenvalue weighted by Gasteiger charge is 2.31. The van der Waals surface area contributed by atoms with E-state index in [1.807, 2.05) is 24.3 Å². The first-order chi connectivity index (χ1) is 25.3. The molecule has 4 aromatic rings. The first kappa shape index (κ1) is 35.0. The minimum atomic E-state index is 0.132. The second-order valence-electron chi connectivity index (χ2n) is 14.4. The molecule has 2 amide bonds. The van der Waals surface area contributed by atoms with E-state index in [4.69, 9.17) is 32.7 Å². The number of benzene rings is 4. The van der Waals surface area contributed by atoms with Crippen LogP contribution in [0, 0.1) is 0 Å². The quantitative estimate of drug-likeness (QED) is 0.126. The van der Waals surface area contributed by atoms with Gasteiger partial charge in [0.25, 0.3) is 0 Å². The maximum atomic E-state index is 11.7. The van der Waals surface area contributed by atoms with Crippen molar-refractivity contribution in [3.63, 3.8) is 0 Å². The molecule has 4 aliphatic rings. The normalized spacial score (nSPS) is 21.9. The van der Waals surface area contributed by atoms with E-state index in [2.05, 4.69) is 57.7 Å². The number of fused-ring (bicyclic) bond motifs is 2. The summed E-state index contributed by atoms with van der Waals surface area (Å²) in [4.78, 5) is 23.4. The smallest absolute Gasteiger partial charge is 0.220 e. The molecule has 4 aromatic carbocycles. The molecule has 8 rings (SSSR count). The van der Waals surface area contributed by atoms with E-state index in [0.717, 1.165) is 96.5 Å². The molecule has 8 nitrogen and oxygen atoms in total. The molecule has 0 radical (unpaired) electrons. The van der Waals surface area contributed by atoms with Crippen LogP contribution in [-0.4, -0.2) is 51.2 Å². The van der Waals surface area contributed by atoms with Crippen molar-refractivity contribution in [3.8, 4) is 44.9 Å². The number of rotatable bonds is 11. The molecule has 52 heavy (non-hydrogen) atoms. The Morgan fingerprint density at radius 1 is 0.615 bits per heavy atom. The molecule has 2 heterocycles. The molecule has 2 aliphatic carbocycles. The summed E-state index contributed by atoms with van der Waals surface area (Å²) in [6, 6.07) is 21.5. The van der Waals surface area contributed by atoms with Gasteiger partial charge in [0.1, 0.15) is 11.5 Å². The van der Waals surface area contributed by atoms with Crippen LogP contribution in [0.15, 0.2) is 60.7 Å². The van der Waals surface area contributed by atoms with E-state index in [1.54, 1.807) is 14.2 Å². The van der Waals surface area contributed by atoms with E-state index in [0.29, 0.717) is 22.9 Å². The number of halogens is 2. The molecule has 2 fully saturated rings. The van der Waals surface area contributed by atoms with Crippen LogP contribution < -0.4 is 30.7 Å². The third-order valence-electron chi connectivity index (χ3n) is 11.3. The summed E-state index contributed by atoms with van der Waals surface area (Å²) in [6.07, 6.45) is 6.73. The lowest BCUT2D eigenvalue weighted by Crippen LogP contribution is -2.36. The molecule has 0 aromatic heterocycles. The summed E-state index contributed by atoms with van der Waals surface area (Å²) < 4.78 is 11.9. The Hall–Kier alpha value is -4.08. The van der Waals surface area contributed by atoms with Gasteiger partial charge in [-0.25, -0.2) is 0 Å². The molecule has 4 N–H and O–H groups in total. The fourth-order valence-electron chi connectivity index (χ4n) is 8.67. The van der Waals surface area contributed by atoms with Crippen molar-refractivity contribution in [2.75, 3.05) is 27.3 Å². The minimum absolute atomic E-state index is 0.132. The van der Waals surface area contributed by atoms with Gasteiger partial charge < -0.3 is 30.7 Å². The van der Waals surface area contributed by atoms with E-state index in [1.165, 1.54) is 22.3 Å². The van der Waals surface area contributed by atoms with E-state index in [9.17, 15) is 9.59 Å². The molecular formula is C42H44Cl2N4O4. The third kappa shape index (κ3) is 6.66. The maximum Gasteiger partial charge on any atom is 0.220 e. The summed E-state index contributed by atoms with van der Waals surface area (Å²) >= 11 is 14.6. The monoisotopic (exact) mass is 738 g/mol. The van der Waals surface area contributed by atoms with Gasteiger partial charge in [0.15, 0.2) is 0 Å². The van der Waals surface area contributed by atoms with Crippen molar-refractivity contribution < 1.29 is 19.1 Å². The molecule has 0 bridgehead atoms. The molecular weight excluding hydrogens is 695 g/mol. The highest BCUT2D eigenvalue weighted by atomic mass is 35.5. The summed E-state index contributed by atoms with van der Waals surface area (Å²) in [6.45, 7) is 1.49. The molecule has 270 valence electrons. The van der Waals surface area contributed by atoms with Crippen molar-refractivity contribution in [2.45, 2.75) is 75.5 Å². The SMILES string of the molecule is COc1cc(-c2cccc(-c3cccc(-c4cc5c(c(OC)c4)[C@@H](NC[C@H]4CCC(=O)N4)CC5)c3Cl)c2Cl)cc2c1C(NC[C@H]1CCC(=O)N1)CC2. The Kier molecular flexibility index (Phi) is 9.92. The first-order valence-electron chi connectivity index (χ1n) is 18.4. The number of aryl methyl sites for hydroxylation is 2. The van der Waals surface area contributed by atoms with Crippen molar-refractivity contribution in [1.29, 1.82) is 0 Å². The van der Waals surface area contributed by atoms with Crippen LogP contribution in [0.1, 0.15) is 72.9 Å². The van der Waals surface area contributed by atoms with Gasteiger partial charge in [-0.15, -0.1) is 0 Å². The van der Waals surface area contributed by atoms with Gasteiger partial charge in [0.2, 0.25) is 11.8 Å². The van der Waals surface area contributed by atoms with Gasteiger partial charge in [-0.1, -0.05) is 71.7 Å². The predicted molar refractivity (Wildman–Crippen MR) is 206 cm³/mol. The highest BCUT2D eigenvalue weighted by Crippen LogP contribution is 2.47. The number of methoxy groups -OCH3 is 2. The van der Waals surface area contributed by atoms with Crippen molar-refractivity contribution >= 4 is 35.0 Å². The summed E-state index contributed by atoms with van der Waals surface area (Å²) in [7, 11) is 3.44. The van der Waals surface area contributed by atoms with Crippen LogP contribution in [0.25, 0.3) is 33.4 Å². The molecule has 2 saturated heterocycles. The maximum absolute atomic E-state index is 11.7. The average molecular weight is 740 g/mol. The molecule has 0 saturated carbocycles. The van der Waals surface area contributed by atoms with E-state index in [-0.39, 0.29) is 36.0 Å². The van der Waals surface area contributed by atoms with E-state index < -0.39 is 0 Å². The molecule has 4 atom stereocenters. The Morgan fingerprint density at radius 3 is 1.42 bits per heavy atom. The fraction of sp³-hybridized carbons (Fsp3) is 0.381. The van der Waals surface area contributed by atoms with Gasteiger partial charge in [0.05, 0.1) is 24.3 Å². The summed E-state index contributed by atoms with van der Waals surface area (Å²) in [5, 5.41) is 14.7. The third-order valence-corrected chi connectivity index (χ3v) is 12.1. The number of nitrogens with one attached hydrogen (secondary N) is 4. The lowest BCUT2D eigenvalue weighted by atomic mass is 9.93. The molecule has 0 spiro atoms. The van der Waals surface area contributed by atoms with Gasteiger partial charge in [-0.05, 0) is 72.9 Å². The lowest BCUT2D eigenvalue weighted by molar-refractivity contribution is -0.120. The van der Waals surface area contributed by atoms with Gasteiger partial charge in [-0.3, -0.25) is 9.59 Å². The Balaban J connectivity index is 1.07. The number of hydrogen-bond acceptors (Lipinski definition) is 6. The molecule has 2 aliphatic heterocycles. The van der Waals surface area contributed by atoms with Gasteiger partial charge in [0, 0.05) is 83.5 Å². The Bertz CT molecular complexity index is 1910. The van der Waals surface area contributed by atoms with Crippen LogP contribution >= 0.6 is 23.2 Å². The zero-order chi connectivity index (χ0) is 35.9. The van der Waals surface area contributed by atoms with Crippen molar-refractivity contribution in [1.82, 2.24) is 21.3 Å². The Morgan fingerprint density at radius 2 is 1.04 bits per heavy atom. The molecule has 10 heteroatoms. The lowest BCUT2D eigenvalue weighted by Gasteiger charge is -2.21. The zero-order valence-corrected chi connectivity index (χ0v) is 31.1. The van der Waals surface area contributed by atoms with Crippen LogP contribution in [0.5, 0.6) is 11.5 Å². The summed E-state index contributed by atoms with van der Waals surface area (Å²) in [5.41, 5.74) is 10.4. The van der Waals surface area contributed by atoms with Gasteiger partial charge >= 0.3 is 0 Å². The topological polar surface area (TPSA) is 101 Å². The minimum Gasteiger partial charge on any atom is -0.496 e. The molecule has 1 unspecified atom stereocenters. The zero-order valence-electron chi connectivity index (χ0n) is 29.5. The van der Waals surface area contributed by atoms with Crippen LogP contribution in [0.3, 0.4) is 0 Å². The summed E-state index contributed by atoms with van der Waals surface area (Å²) in [5.74, 6) is 1.94. The number of amides is 2. The number of ether oxygens (including phenoxy) is 2. The second kappa shape index (κ2) is 14.7. The fourth-order valence-corrected chi connectivity index (χ4v) is 9.35. The van der Waals surface area contributed by atoms with Crippen molar-refractivity contribution in [2.24, 2.45) is 0 Å². The largest absolute Gasteiger partial charge is 0.496 e. The average Bonchev–Trinajstić information content (AvgIpc) is 3.96. The van der Waals surface area contributed by atoms with Crippen molar-refractivity contribution in [3.05, 3.63) is 93.0 Å². The second-order valence-corrected chi connectivity index (χ2v) is 15.2. The van der Waals surface area contributed by atoms with E-state index >= 15 is 0 Å². The number of hydrogen-bond donors (Lipinski definition) is 4. The standard InChI is InChI=1S/C42H44Cl2N4O4/c1-51-35-19-25(17-23-9-13-33(39(23)35)45-21-27-11-15-37(49)47-27)29-5-3-7-31(41(29)43)32-8-4-6-30(42(32)44)26-18-24-10-14-34(40(24)36(20-26)52-2)46-22-28-12-16-38(50)48-28/h3-8,17-20,27-28,33-34,45-46H,9-16,21-22H2,1-2H3,(H,47,49)(H,48,50)/t27-,28-,33+,34?/m1/s1. The Labute approximate surface area is 315 Å². The van der Waals surface area contributed by atoms with Crippen LogP contribution in [0.2, 0.25) is 10.0 Å². The van der Waals surface area contributed by atoms with Crippen LogP contribution in [-0.2, 0) is 22.4 Å². The first-order valence-corrected chi connectivity index (χ1v) is 19.1. The van der Waals surface area contributed by atoms with Crippen LogP contribution in [0.4, 0.5) is 0 Å². The number of carbonyl (C=O) groups is 2.